The van der Waals surface area contributed by atoms with E-state index in [0.29, 0.717) is 22.6 Å². The molecule has 2 aromatic rings. The van der Waals surface area contributed by atoms with E-state index < -0.39 is 5.60 Å². The fraction of sp³-hybridized carbons (Fsp3) is 0.222. The predicted molar refractivity (Wildman–Crippen MR) is 82.6 cm³/mol. The Morgan fingerprint density at radius 1 is 0.952 bits per heavy atom. The molecule has 0 aliphatic heterocycles. The van der Waals surface area contributed by atoms with E-state index in [1.54, 1.807) is 32.4 Å². The molecule has 108 valence electrons. The van der Waals surface area contributed by atoms with Crippen LogP contribution in [0.25, 0.3) is 0 Å². The van der Waals surface area contributed by atoms with Crippen molar-refractivity contribution < 1.29 is 14.6 Å². The molecule has 0 saturated carbocycles. The summed E-state index contributed by atoms with van der Waals surface area (Å²) >= 11 is 0. The summed E-state index contributed by atoms with van der Waals surface area (Å²) in [5.41, 5.74) is 0.799. The van der Waals surface area contributed by atoms with Crippen LogP contribution in [0.15, 0.2) is 42.5 Å². The van der Waals surface area contributed by atoms with Gasteiger partial charge in [-0.15, -0.1) is 6.42 Å². The minimum Gasteiger partial charge on any atom is -0.493 e. The maximum Gasteiger partial charge on any atom is 0.176 e. The number of rotatable bonds is 4. The Bertz CT molecular complexity index is 668. The molecule has 3 nitrogen and oxygen atoms in total. The molecule has 0 spiro atoms. The molecule has 0 amide bonds. The van der Waals surface area contributed by atoms with Crippen LogP contribution in [-0.4, -0.2) is 19.3 Å². The van der Waals surface area contributed by atoms with Gasteiger partial charge in [-0.25, -0.2) is 0 Å². The van der Waals surface area contributed by atoms with Crippen LogP contribution in [0.5, 0.6) is 11.5 Å². The molecule has 1 N–H and O–H groups in total. The molecule has 2 aromatic carbocycles. The minimum atomic E-state index is -1.51. The maximum atomic E-state index is 10.9. The molecule has 0 aromatic heterocycles. The monoisotopic (exact) mass is 282 g/mol. The van der Waals surface area contributed by atoms with E-state index in [1.807, 2.05) is 31.2 Å². The summed E-state index contributed by atoms with van der Waals surface area (Å²) < 4.78 is 10.5. The number of methoxy groups -OCH3 is 2. The lowest BCUT2D eigenvalue weighted by Crippen LogP contribution is -2.25. The average molecular weight is 282 g/mol. The summed E-state index contributed by atoms with van der Waals surface area (Å²) in [7, 11) is 3.10. The average Bonchev–Trinajstić information content (AvgIpc) is 2.54. The lowest BCUT2D eigenvalue weighted by atomic mass is 9.86. The van der Waals surface area contributed by atoms with Gasteiger partial charge < -0.3 is 14.6 Å². The first kappa shape index (κ1) is 15.0. The standard InChI is InChI=1S/C18H18O3/c1-5-18(19,14-8-6-13(2)7-9-14)15-10-11-16(20-3)17(12-15)21-4/h1,6-12,19H,2-4H3. The van der Waals surface area contributed by atoms with Crippen molar-refractivity contribution in [2.45, 2.75) is 12.5 Å². The number of terminal acetylenes is 1. The summed E-state index contributed by atoms with van der Waals surface area (Å²) in [6.45, 7) is 1.98. The first-order valence-corrected chi connectivity index (χ1v) is 6.55. The van der Waals surface area contributed by atoms with E-state index >= 15 is 0 Å². The van der Waals surface area contributed by atoms with Crippen LogP contribution in [0.2, 0.25) is 0 Å². The maximum absolute atomic E-state index is 10.9. The first-order chi connectivity index (χ1) is 10.0. The number of ether oxygens (including phenoxy) is 2. The summed E-state index contributed by atoms with van der Waals surface area (Å²) in [5.74, 6) is 3.59. The van der Waals surface area contributed by atoms with Gasteiger partial charge in [0.05, 0.1) is 14.2 Å². The molecular weight excluding hydrogens is 264 g/mol. The van der Waals surface area contributed by atoms with Crippen molar-refractivity contribution in [3.8, 4) is 23.8 Å². The third-order valence-electron chi connectivity index (χ3n) is 3.48. The number of aliphatic hydroxyl groups is 1. The Morgan fingerprint density at radius 2 is 1.52 bits per heavy atom. The van der Waals surface area contributed by atoms with Gasteiger partial charge in [-0.2, -0.15) is 0 Å². The van der Waals surface area contributed by atoms with Crippen molar-refractivity contribution in [2.24, 2.45) is 0 Å². The minimum absolute atomic E-state index is 0.524. The molecule has 2 rings (SSSR count). The normalized spacial score (nSPS) is 13.1. The molecular formula is C18H18O3. The molecule has 0 fully saturated rings. The van der Waals surface area contributed by atoms with E-state index in [4.69, 9.17) is 15.9 Å². The van der Waals surface area contributed by atoms with E-state index in [0.717, 1.165) is 5.56 Å². The topological polar surface area (TPSA) is 38.7 Å². The zero-order valence-corrected chi connectivity index (χ0v) is 12.4. The van der Waals surface area contributed by atoms with Crippen molar-refractivity contribution in [1.29, 1.82) is 0 Å². The van der Waals surface area contributed by atoms with Gasteiger partial charge in [0, 0.05) is 11.1 Å². The zero-order valence-electron chi connectivity index (χ0n) is 12.4. The van der Waals surface area contributed by atoms with Crippen LogP contribution in [0.3, 0.4) is 0 Å². The van der Waals surface area contributed by atoms with Gasteiger partial charge in [-0.05, 0) is 19.1 Å². The van der Waals surface area contributed by atoms with Gasteiger partial charge in [0.1, 0.15) is 0 Å². The highest BCUT2D eigenvalue weighted by Crippen LogP contribution is 2.35. The molecule has 0 saturated heterocycles. The van der Waals surface area contributed by atoms with Gasteiger partial charge in [0.2, 0.25) is 0 Å². The lowest BCUT2D eigenvalue weighted by Gasteiger charge is -2.24. The number of hydrogen-bond acceptors (Lipinski definition) is 3. The van der Waals surface area contributed by atoms with Crippen LogP contribution in [0, 0.1) is 19.3 Å². The largest absolute Gasteiger partial charge is 0.493 e. The summed E-state index contributed by atoms with van der Waals surface area (Å²) in [5, 5.41) is 10.9. The highest BCUT2D eigenvalue weighted by molar-refractivity contribution is 5.51. The predicted octanol–water partition coefficient (Wildman–Crippen LogP) is 2.88. The van der Waals surface area contributed by atoms with Crippen LogP contribution in [0.1, 0.15) is 16.7 Å². The van der Waals surface area contributed by atoms with Gasteiger partial charge >= 0.3 is 0 Å². The zero-order chi connectivity index (χ0) is 15.5. The SMILES string of the molecule is C#CC(O)(c1ccc(C)cc1)c1ccc(OC)c(OC)c1. The highest BCUT2D eigenvalue weighted by Gasteiger charge is 2.30. The Morgan fingerprint density at radius 3 is 2.05 bits per heavy atom. The molecule has 0 aliphatic rings. The highest BCUT2D eigenvalue weighted by atomic mass is 16.5. The van der Waals surface area contributed by atoms with Crippen LogP contribution in [0.4, 0.5) is 0 Å². The van der Waals surface area contributed by atoms with Crippen molar-refractivity contribution in [3.05, 3.63) is 59.2 Å². The van der Waals surface area contributed by atoms with Crippen LogP contribution in [-0.2, 0) is 5.60 Å². The Hall–Kier alpha value is -2.44. The summed E-state index contributed by atoms with van der Waals surface area (Å²) in [4.78, 5) is 0. The number of aryl methyl sites for hydroxylation is 1. The molecule has 21 heavy (non-hydrogen) atoms. The molecule has 3 heteroatoms. The second-order valence-electron chi connectivity index (χ2n) is 4.79. The van der Waals surface area contributed by atoms with Gasteiger partial charge in [-0.3, -0.25) is 0 Å². The van der Waals surface area contributed by atoms with Crippen molar-refractivity contribution in [2.75, 3.05) is 14.2 Å². The third-order valence-corrected chi connectivity index (χ3v) is 3.48. The van der Waals surface area contributed by atoms with Gasteiger partial charge in [0.25, 0.3) is 0 Å². The van der Waals surface area contributed by atoms with E-state index in [-0.39, 0.29) is 0 Å². The van der Waals surface area contributed by atoms with E-state index in [9.17, 15) is 5.11 Å². The fourth-order valence-electron chi connectivity index (χ4n) is 2.19. The van der Waals surface area contributed by atoms with E-state index in [2.05, 4.69) is 5.92 Å². The number of hydrogen-bond donors (Lipinski definition) is 1. The molecule has 0 aliphatic carbocycles. The molecule has 0 heterocycles. The second kappa shape index (κ2) is 5.90. The summed E-state index contributed by atoms with van der Waals surface area (Å²) in [6, 6.07) is 12.6. The Balaban J connectivity index is 2.55. The van der Waals surface area contributed by atoms with E-state index in [1.165, 1.54) is 0 Å². The Labute approximate surface area is 125 Å². The van der Waals surface area contributed by atoms with Gasteiger partial charge in [-0.1, -0.05) is 41.8 Å². The van der Waals surface area contributed by atoms with Crippen LogP contribution >= 0.6 is 0 Å². The Kier molecular flexibility index (Phi) is 4.21. The lowest BCUT2D eigenvalue weighted by molar-refractivity contribution is 0.145. The third kappa shape index (κ3) is 2.72. The fourth-order valence-corrected chi connectivity index (χ4v) is 2.19. The van der Waals surface area contributed by atoms with Crippen molar-refractivity contribution in [1.82, 2.24) is 0 Å². The van der Waals surface area contributed by atoms with Crippen molar-refractivity contribution in [3.63, 3.8) is 0 Å². The quantitative estimate of drug-likeness (QED) is 0.876. The van der Waals surface area contributed by atoms with Crippen LogP contribution < -0.4 is 9.47 Å². The van der Waals surface area contributed by atoms with Crippen molar-refractivity contribution >= 4 is 0 Å². The molecule has 1 unspecified atom stereocenters. The first-order valence-electron chi connectivity index (χ1n) is 6.55. The molecule has 1 atom stereocenters. The summed E-state index contributed by atoms with van der Waals surface area (Å²) in [6.07, 6.45) is 5.60. The molecule has 0 bridgehead atoms. The number of benzene rings is 2. The second-order valence-corrected chi connectivity index (χ2v) is 4.79. The molecule has 0 radical (unpaired) electrons. The smallest absolute Gasteiger partial charge is 0.176 e. The van der Waals surface area contributed by atoms with Gasteiger partial charge in [0.15, 0.2) is 17.1 Å².